The predicted octanol–water partition coefficient (Wildman–Crippen LogP) is -0.0861. The summed E-state index contributed by atoms with van der Waals surface area (Å²) in [6.07, 6.45) is 0. The van der Waals surface area contributed by atoms with Crippen molar-refractivity contribution in [1.29, 1.82) is 0 Å². The molecule has 0 aromatic heterocycles. The van der Waals surface area contributed by atoms with E-state index in [0.717, 1.165) is 0 Å². The Labute approximate surface area is 59.1 Å². The van der Waals surface area contributed by atoms with Crippen molar-refractivity contribution in [2.45, 2.75) is 6.92 Å². The van der Waals surface area contributed by atoms with Crippen LogP contribution in [0.4, 0.5) is 0 Å². The van der Waals surface area contributed by atoms with Crippen molar-refractivity contribution in [3.05, 3.63) is 0 Å². The van der Waals surface area contributed by atoms with Gasteiger partial charge < -0.3 is 10.8 Å². The smallest absolute Gasteiger partial charge is 0.480 e. The predicted molar refractivity (Wildman–Crippen MR) is 34.3 cm³/mol. The van der Waals surface area contributed by atoms with Gasteiger partial charge in [-0.15, -0.1) is 11.6 Å². The van der Waals surface area contributed by atoms with Crippen LogP contribution in [0.2, 0.25) is 0 Å². The van der Waals surface area contributed by atoms with E-state index in [1.165, 1.54) is 6.92 Å². The normalized spacial score (nSPS) is 6.89. The van der Waals surface area contributed by atoms with Crippen LogP contribution in [0.1, 0.15) is 8.35 Å². The first-order chi connectivity index (χ1) is 4.00. The average Bonchev–Trinajstić information content (AvgIpc) is 1.65. The highest BCUT2D eigenvalue weighted by molar-refractivity contribution is 6.26. The van der Waals surface area contributed by atoms with E-state index < -0.39 is 5.97 Å². The number of carboxylic acids is 1. The fourth-order valence-corrected chi connectivity index (χ4v) is 0. The molecule has 0 rings (SSSR count). The van der Waals surface area contributed by atoms with Crippen molar-refractivity contribution in [3.63, 3.8) is 0 Å². The largest absolute Gasteiger partial charge is 1.00 e. The van der Waals surface area contributed by atoms with Gasteiger partial charge in [0.25, 0.3) is 0 Å². The first-order valence-corrected chi connectivity index (χ1v) is 2.58. The molecule has 0 saturated heterocycles. The molecular formula is C4H9ClNO3+. The second-order valence-corrected chi connectivity index (χ2v) is 1.41. The molecule has 3 N–H and O–H groups in total. The van der Waals surface area contributed by atoms with Crippen molar-refractivity contribution in [2.24, 2.45) is 5.73 Å². The summed E-state index contributed by atoms with van der Waals surface area (Å²) in [6, 6.07) is 0. The van der Waals surface area contributed by atoms with Crippen LogP contribution in [0.15, 0.2) is 0 Å². The molecule has 54 valence electrons. The fourth-order valence-electron chi connectivity index (χ4n) is 0. The summed E-state index contributed by atoms with van der Waals surface area (Å²) in [4.78, 5) is 18.5. The maximum absolute atomic E-state index is 9.24. The monoisotopic (exact) mass is 154 g/mol. The number of amides is 1. The van der Waals surface area contributed by atoms with Crippen LogP contribution in [0, 0.1) is 0 Å². The topological polar surface area (TPSA) is 80.4 Å². The van der Waals surface area contributed by atoms with E-state index in [1.54, 1.807) is 0 Å². The standard InChI is InChI=1S/C2H3ClO2.C2H5NO/c3-1-2(4)5;1-2(3)4/h1H2,(H,4,5);1H3,(H2,3,4)/p+1. The second kappa shape index (κ2) is 7.23. The van der Waals surface area contributed by atoms with Crippen molar-refractivity contribution >= 4 is 23.5 Å². The number of aliphatic carboxylic acids is 1. The lowest BCUT2D eigenvalue weighted by molar-refractivity contribution is -0.134. The molecule has 0 heterocycles. The Bertz CT molecular complexity index is 105. The molecule has 0 aliphatic rings. The van der Waals surface area contributed by atoms with Gasteiger partial charge in [-0.1, -0.05) is 0 Å². The second-order valence-electron chi connectivity index (χ2n) is 1.14. The van der Waals surface area contributed by atoms with E-state index >= 15 is 0 Å². The van der Waals surface area contributed by atoms with Gasteiger partial charge in [0.2, 0.25) is 5.91 Å². The molecule has 0 fully saturated rings. The van der Waals surface area contributed by atoms with Gasteiger partial charge in [-0.3, -0.25) is 9.59 Å². The van der Waals surface area contributed by atoms with E-state index in [-0.39, 0.29) is 13.2 Å². The van der Waals surface area contributed by atoms with E-state index in [1.807, 2.05) is 0 Å². The zero-order valence-corrected chi connectivity index (χ0v) is 5.68. The quantitative estimate of drug-likeness (QED) is 0.518. The molecular weight excluding hydrogens is 146 g/mol. The Hall–Kier alpha value is -0.770. The third kappa shape index (κ3) is 131. The Balaban J connectivity index is -0.0000000910. The van der Waals surface area contributed by atoms with Crippen LogP contribution in [0.25, 0.3) is 0 Å². The van der Waals surface area contributed by atoms with Crippen molar-refractivity contribution < 1.29 is 16.1 Å². The number of hydrogen-bond donors (Lipinski definition) is 2. The van der Waals surface area contributed by atoms with Gasteiger partial charge in [0.05, 0.1) is 0 Å². The van der Waals surface area contributed by atoms with E-state index in [9.17, 15) is 9.59 Å². The first-order valence-electron chi connectivity index (χ1n) is 2.04. The van der Waals surface area contributed by atoms with Crippen molar-refractivity contribution in [1.82, 2.24) is 0 Å². The molecule has 1 amide bonds. The van der Waals surface area contributed by atoms with Crippen LogP contribution in [0.3, 0.4) is 0 Å². The van der Waals surface area contributed by atoms with Crippen LogP contribution in [-0.2, 0) is 9.59 Å². The molecule has 0 radical (unpaired) electrons. The molecule has 0 atom stereocenters. The molecule has 0 saturated carbocycles. The number of carbonyl (C=O) groups is 2. The molecule has 0 aliphatic heterocycles. The third-order valence-corrected chi connectivity index (χ3v) is 0.343. The van der Waals surface area contributed by atoms with Crippen LogP contribution in [-0.4, -0.2) is 22.9 Å². The third-order valence-electron chi connectivity index (χ3n) is 0.114. The van der Waals surface area contributed by atoms with E-state index in [0.29, 0.717) is 0 Å². The Morgan fingerprint density at radius 3 is 1.89 bits per heavy atom. The minimum absolute atomic E-state index is 0. The lowest BCUT2D eigenvalue weighted by Gasteiger charge is -1.69. The molecule has 0 aromatic rings. The lowest BCUT2D eigenvalue weighted by Crippen LogP contribution is -2.01. The highest BCUT2D eigenvalue weighted by Crippen LogP contribution is 1.67. The fraction of sp³-hybridized carbons (Fsp3) is 0.500. The van der Waals surface area contributed by atoms with Gasteiger partial charge in [0.1, 0.15) is 5.88 Å². The molecule has 0 aliphatic carbocycles. The van der Waals surface area contributed by atoms with Gasteiger partial charge in [-0.2, -0.15) is 0 Å². The summed E-state index contributed by atoms with van der Waals surface area (Å²) in [5.41, 5.74) is 4.47. The molecule has 0 spiro atoms. The van der Waals surface area contributed by atoms with Gasteiger partial charge in [0, 0.05) is 6.92 Å². The number of carbonyl (C=O) groups excluding carboxylic acids is 1. The van der Waals surface area contributed by atoms with Gasteiger partial charge >= 0.3 is 7.40 Å². The molecule has 0 aromatic carbocycles. The van der Waals surface area contributed by atoms with Gasteiger partial charge in [-0.05, 0) is 0 Å². The number of rotatable bonds is 1. The number of alkyl halides is 1. The summed E-state index contributed by atoms with van der Waals surface area (Å²) >= 11 is 4.74. The van der Waals surface area contributed by atoms with Crippen LogP contribution < -0.4 is 5.73 Å². The zero-order chi connectivity index (χ0) is 7.86. The summed E-state index contributed by atoms with van der Waals surface area (Å²) in [5, 5.41) is 7.59. The molecule has 9 heavy (non-hydrogen) atoms. The van der Waals surface area contributed by atoms with Crippen molar-refractivity contribution in [2.75, 3.05) is 5.88 Å². The summed E-state index contributed by atoms with van der Waals surface area (Å²) < 4.78 is 0. The molecule has 0 unspecified atom stereocenters. The minimum atomic E-state index is -0.980. The van der Waals surface area contributed by atoms with E-state index in [4.69, 9.17) is 16.7 Å². The maximum atomic E-state index is 9.24. The summed E-state index contributed by atoms with van der Waals surface area (Å²) in [6.45, 7) is 1.31. The number of primary amides is 1. The first kappa shape index (κ1) is 11.1. The van der Waals surface area contributed by atoms with E-state index in [2.05, 4.69) is 5.73 Å². The Morgan fingerprint density at radius 2 is 1.89 bits per heavy atom. The highest BCUT2D eigenvalue weighted by Gasteiger charge is 1.83. The number of carboxylic acid groups (broad SMARTS) is 1. The number of hydrogen-bond acceptors (Lipinski definition) is 2. The number of halogens is 1. The highest BCUT2D eigenvalue weighted by atomic mass is 35.5. The van der Waals surface area contributed by atoms with Crippen LogP contribution >= 0.6 is 11.6 Å². The van der Waals surface area contributed by atoms with Crippen molar-refractivity contribution in [3.8, 4) is 0 Å². The Morgan fingerprint density at radius 1 is 1.78 bits per heavy atom. The summed E-state index contributed by atoms with van der Waals surface area (Å²) in [5.74, 6) is -1.62. The lowest BCUT2D eigenvalue weighted by atomic mass is 10.8. The molecule has 4 nitrogen and oxygen atoms in total. The average molecular weight is 155 g/mol. The van der Waals surface area contributed by atoms with Crippen LogP contribution in [0.5, 0.6) is 0 Å². The van der Waals surface area contributed by atoms with Gasteiger partial charge in [0.15, 0.2) is 0 Å². The maximum Gasteiger partial charge on any atom is 1.00 e. The van der Waals surface area contributed by atoms with Gasteiger partial charge in [-0.25, -0.2) is 0 Å². The zero-order valence-electron chi connectivity index (χ0n) is 5.93. The molecule has 0 bridgehead atoms. The minimum Gasteiger partial charge on any atom is -0.480 e. The SMILES string of the molecule is CC(N)=O.O=C(O)CCl.[H+]. The Kier molecular flexibility index (Phi) is 8.90. The summed E-state index contributed by atoms with van der Waals surface area (Å²) in [7, 11) is 0. The molecule has 5 heteroatoms. The number of nitrogens with two attached hydrogens (primary N) is 1.